The molecule has 58 heavy (non-hydrogen) atoms. The monoisotopic (exact) mass is 830 g/mol. The first-order valence-corrected chi connectivity index (χ1v) is 20.0. The van der Waals surface area contributed by atoms with Gasteiger partial charge in [-0.3, -0.25) is 24.1 Å². The number of aromatic nitrogens is 1. The minimum Gasteiger partial charge on any atom is -0.503 e. The van der Waals surface area contributed by atoms with Crippen molar-refractivity contribution in [3.8, 4) is 23.0 Å². The zero-order valence-electron chi connectivity index (χ0n) is 31.2. The molecule has 2 fully saturated rings. The van der Waals surface area contributed by atoms with Crippen LogP contribution in [0, 0.1) is 23.7 Å². The van der Waals surface area contributed by atoms with E-state index >= 15 is 9.59 Å². The highest BCUT2D eigenvalue weighted by Crippen LogP contribution is 2.64. The summed E-state index contributed by atoms with van der Waals surface area (Å²) in [4.78, 5) is 65.7. The predicted molar refractivity (Wildman–Crippen MR) is 221 cm³/mol. The van der Waals surface area contributed by atoms with E-state index in [2.05, 4.69) is 20.9 Å². The Labute approximate surface area is 341 Å². The molecular weight excluding hydrogens is 796 g/mol. The molecule has 1 N–H and O–H groups in total. The molecular formula is C48H35BrN2O7. The van der Waals surface area contributed by atoms with Gasteiger partial charge in [0.25, 0.3) is 0 Å². The van der Waals surface area contributed by atoms with Gasteiger partial charge < -0.3 is 14.3 Å². The molecule has 1 saturated carbocycles. The molecule has 0 radical (unpaired) electrons. The van der Waals surface area contributed by atoms with Crippen LogP contribution in [0.3, 0.4) is 0 Å². The molecule has 0 spiro atoms. The number of ether oxygens (including phenoxy) is 1. The number of carbonyl (C=O) groups excluding carboxylic acids is 4. The van der Waals surface area contributed by atoms with Crippen LogP contribution in [0.5, 0.6) is 11.5 Å². The van der Waals surface area contributed by atoms with Gasteiger partial charge in [-0.05, 0) is 106 Å². The van der Waals surface area contributed by atoms with Gasteiger partial charge in [0, 0.05) is 23.0 Å². The number of ketones is 2. The molecule has 2 amide bonds. The number of amides is 2. The van der Waals surface area contributed by atoms with Crippen LogP contribution in [0.4, 0.5) is 5.69 Å². The van der Waals surface area contributed by atoms with Crippen LogP contribution in [0.15, 0.2) is 148 Å². The number of hydrogen-bond donors (Lipinski definition) is 1. The molecule has 10 heteroatoms. The van der Waals surface area contributed by atoms with E-state index < -0.39 is 35.0 Å². The number of fused-ring (bicyclic) bond motifs is 5. The molecule has 6 atom stereocenters. The second kappa shape index (κ2) is 13.6. The Kier molecular flexibility index (Phi) is 8.45. The topological polar surface area (TPSA) is 127 Å². The largest absolute Gasteiger partial charge is 0.503 e. The molecule has 6 aromatic rings. The lowest BCUT2D eigenvalue weighted by molar-refractivity contribution is -0.135. The third-order valence-electron chi connectivity index (χ3n) is 12.6. The van der Waals surface area contributed by atoms with E-state index in [1.54, 1.807) is 36.4 Å². The van der Waals surface area contributed by atoms with Crippen LogP contribution >= 0.6 is 15.9 Å². The maximum Gasteiger partial charge on any atom is 0.238 e. The minimum absolute atomic E-state index is 0.103. The van der Waals surface area contributed by atoms with E-state index in [0.29, 0.717) is 49.5 Å². The zero-order chi connectivity index (χ0) is 39.9. The number of aromatic hydroxyl groups is 1. The van der Waals surface area contributed by atoms with Crippen LogP contribution in [0.2, 0.25) is 0 Å². The first kappa shape index (κ1) is 36.0. The number of rotatable bonds is 6. The summed E-state index contributed by atoms with van der Waals surface area (Å²) in [6, 6.07) is 36.6. The molecule has 4 aliphatic rings. The summed E-state index contributed by atoms with van der Waals surface area (Å²) in [7, 11) is 1.45. The van der Waals surface area contributed by atoms with Crippen molar-refractivity contribution in [2.75, 3.05) is 12.0 Å². The first-order valence-electron chi connectivity index (χ1n) is 19.2. The summed E-state index contributed by atoms with van der Waals surface area (Å²) in [5.74, 6) is -4.23. The average Bonchev–Trinajstić information content (AvgIpc) is 3.81. The number of benzene rings is 5. The van der Waals surface area contributed by atoms with Crippen molar-refractivity contribution in [3.05, 3.63) is 160 Å². The Morgan fingerprint density at radius 1 is 0.828 bits per heavy atom. The maximum atomic E-state index is 15.3. The second-order valence-corrected chi connectivity index (χ2v) is 16.2. The number of nitrogens with zero attached hydrogens (tertiary/aromatic N) is 2. The Balaban J connectivity index is 1.11. The van der Waals surface area contributed by atoms with Gasteiger partial charge in [-0.2, -0.15) is 0 Å². The van der Waals surface area contributed by atoms with Crippen LogP contribution < -0.4 is 9.64 Å². The van der Waals surface area contributed by atoms with E-state index in [-0.39, 0.29) is 47.7 Å². The summed E-state index contributed by atoms with van der Waals surface area (Å²) in [6.45, 7) is 0. The van der Waals surface area contributed by atoms with Crippen LogP contribution in [-0.2, 0) is 24.6 Å². The van der Waals surface area contributed by atoms with Crippen molar-refractivity contribution in [2.24, 2.45) is 23.7 Å². The number of Topliss-reactive ketones (excluding diaryl/α,β-unsaturated/α-hetero) is 1. The van der Waals surface area contributed by atoms with E-state index in [4.69, 9.17) is 9.15 Å². The third kappa shape index (κ3) is 5.24. The Morgan fingerprint density at radius 3 is 2.26 bits per heavy atom. The van der Waals surface area contributed by atoms with Crippen molar-refractivity contribution in [3.63, 3.8) is 0 Å². The molecule has 1 aliphatic heterocycles. The fraction of sp³-hybridized carbons (Fsp3) is 0.188. The van der Waals surface area contributed by atoms with E-state index in [1.165, 1.54) is 18.1 Å². The fourth-order valence-electron chi connectivity index (χ4n) is 10.2. The summed E-state index contributed by atoms with van der Waals surface area (Å²) in [6.07, 6.45) is 3.95. The molecule has 286 valence electrons. The van der Waals surface area contributed by atoms with Gasteiger partial charge in [-0.1, -0.05) is 84.4 Å². The van der Waals surface area contributed by atoms with Crippen LogP contribution in [0.25, 0.3) is 28.1 Å². The van der Waals surface area contributed by atoms with Gasteiger partial charge in [0.05, 0.1) is 34.5 Å². The second-order valence-electron chi connectivity index (χ2n) is 15.4. The zero-order valence-corrected chi connectivity index (χ0v) is 32.8. The molecule has 0 bridgehead atoms. The highest BCUT2D eigenvalue weighted by Gasteiger charge is 2.66. The van der Waals surface area contributed by atoms with Gasteiger partial charge in [0.2, 0.25) is 17.7 Å². The van der Waals surface area contributed by atoms with Crippen molar-refractivity contribution in [1.29, 1.82) is 0 Å². The van der Waals surface area contributed by atoms with Gasteiger partial charge in [-0.25, -0.2) is 4.98 Å². The number of para-hydroxylation sites is 2. The Hall–Kier alpha value is -6.39. The number of anilines is 1. The lowest BCUT2D eigenvalue weighted by atomic mass is 9.44. The van der Waals surface area contributed by atoms with E-state index in [1.807, 2.05) is 91.0 Å². The average molecular weight is 832 g/mol. The summed E-state index contributed by atoms with van der Waals surface area (Å²) in [5.41, 5.74) is 4.17. The number of phenols is 1. The number of imide groups is 1. The summed E-state index contributed by atoms with van der Waals surface area (Å²) < 4.78 is 11.9. The smallest absolute Gasteiger partial charge is 0.238 e. The molecule has 6 unspecified atom stereocenters. The van der Waals surface area contributed by atoms with Crippen molar-refractivity contribution >= 4 is 61.7 Å². The van der Waals surface area contributed by atoms with Crippen molar-refractivity contribution in [2.45, 2.75) is 24.2 Å². The van der Waals surface area contributed by atoms with E-state index in [0.717, 1.165) is 11.1 Å². The molecule has 5 aromatic carbocycles. The number of carbonyl (C=O) groups is 4. The number of hydrogen-bond acceptors (Lipinski definition) is 8. The maximum absolute atomic E-state index is 15.3. The fourth-order valence-corrected chi connectivity index (χ4v) is 10.6. The van der Waals surface area contributed by atoms with E-state index in [9.17, 15) is 14.7 Å². The molecule has 1 saturated heterocycles. The first-order chi connectivity index (χ1) is 28.2. The highest BCUT2D eigenvalue weighted by atomic mass is 79.9. The van der Waals surface area contributed by atoms with Crippen LogP contribution in [0.1, 0.15) is 35.4 Å². The number of oxazole rings is 1. The highest BCUT2D eigenvalue weighted by molar-refractivity contribution is 9.10. The summed E-state index contributed by atoms with van der Waals surface area (Å²) in [5, 5.41) is 10.9. The number of allylic oxidation sites excluding steroid dienone is 4. The lowest BCUT2D eigenvalue weighted by Gasteiger charge is -2.55. The number of methoxy groups -OCH3 is 1. The summed E-state index contributed by atoms with van der Waals surface area (Å²) >= 11 is 3.52. The van der Waals surface area contributed by atoms with Gasteiger partial charge in [0.1, 0.15) is 5.52 Å². The molecule has 2 heterocycles. The quantitative estimate of drug-likeness (QED) is 0.130. The lowest BCUT2D eigenvalue weighted by Crippen LogP contribution is -2.58. The van der Waals surface area contributed by atoms with Crippen molar-refractivity contribution in [1.82, 2.24) is 4.98 Å². The molecule has 3 aliphatic carbocycles. The Morgan fingerprint density at radius 2 is 1.53 bits per heavy atom. The van der Waals surface area contributed by atoms with Gasteiger partial charge in [0.15, 0.2) is 28.6 Å². The number of phenolic OH excluding ortho intramolecular Hbond substituents is 1. The molecule has 10 rings (SSSR count). The molecule has 9 nitrogen and oxygen atoms in total. The van der Waals surface area contributed by atoms with Crippen LogP contribution in [-0.4, -0.2) is 40.6 Å². The standard InChI is InChI=1S/C48H35BrN2O7/c1-57-39-23-28(22-36(49)44(39)54)42-31-20-21-32-41(47(56)51(46(32)55)30-18-16-27(17-19-30)45-50-37-14-8-9-15-38(37)58-45)34(31)24-35-43(53)33(26-10-4-2-5-11-26)25-40(52)48(35,42)29-12-6-3-7-13-29/h2-20,22-23,25,32,34-35,41-42,54H,21,24H2,1H3. The molecule has 1 aromatic heterocycles. The normalized spacial score (nSPS) is 25.2. The van der Waals surface area contributed by atoms with Crippen molar-refractivity contribution < 1.29 is 33.4 Å². The third-order valence-corrected chi connectivity index (χ3v) is 13.2. The SMILES string of the molecule is COc1cc(C2C3=CCC4C(=O)N(c5ccc(-c6nc7ccccc7o6)cc5)C(=O)C4C3CC3C(=O)C(c4ccccc4)=CC(=O)C32c2ccccc2)cc(Br)c1O. The minimum atomic E-state index is -1.42. The van der Waals surface area contributed by atoms with Gasteiger partial charge >= 0.3 is 0 Å². The van der Waals surface area contributed by atoms with Gasteiger partial charge in [-0.15, -0.1) is 0 Å². The predicted octanol–water partition coefficient (Wildman–Crippen LogP) is 9.00. The Bertz CT molecular complexity index is 2720. The number of halogens is 1.